The Morgan fingerprint density at radius 3 is 2.44 bits per heavy atom. The van der Waals surface area contributed by atoms with Gasteiger partial charge >= 0.3 is 0 Å². The summed E-state index contributed by atoms with van der Waals surface area (Å²) in [5.41, 5.74) is 2.28. The van der Waals surface area contributed by atoms with E-state index in [1.807, 2.05) is 12.1 Å². The monoisotopic (exact) mass is 242 g/mol. The smallest absolute Gasteiger partial charge is 0.254 e. The molecule has 2 atom stereocenters. The summed E-state index contributed by atoms with van der Waals surface area (Å²) in [5.74, 6) is 0.181. The maximum Gasteiger partial charge on any atom is 0.254 e. The van der Waals surface area contributed by atoms with Gasteiger partial charge in [0.2, 0.25) is 0 Å². The lowest BCUT2D eigenvalue weighted by atomic mass is 9.96. The van der Waals surface area contributed by atoms with Crippen LogP contribution in [0.2, 0.25) is 0 Å². The first-order valence-corrected chi connectivity index (χ1v) is 6.66. The van der Waals surface area contributed by atoms with E-state index in [1.165, 1.54) is 5.57 Å². The van der Waals surface area contributed by atoms with E-state index in [0.717, 1.165) is 31.2 Å². The zero-order valence-corrected chi connectivity index (χ0v) is 10.7. The maximum absolute atomic E-state index is 12.5. The summed E-state index contributed by atoms with van der Waals surface area (Å²) in [7, 11) is 0. The van der Waals surface area contributed by atoms with Gasteiger partial charge in [-0.25, -0.2) is 0 Å². The number of carbonyl (C=O) groups is 1. The molecule has 2 saturated heterocycles. The number of nitrogens with zero attached hydrogens (tertiary/aromatic N) is 2. The standard InChI is InChI=1S/C15H18N2O/c1-2-11-9-13-3-4-14(10-11)17(13)15(18)12-5-7-16-8-6-12/h2,5-8,13-14H,3-4,9-10H2,1H3. The SMILES string of the molecule is CC=C1CC2CCC(C1)N2C(=O)c1ccncc1. The van der Waals surface area contributed by atoms with Crippen LogP contribution in [0, 0.1) is 0 Å². The molecular weight excluding hydrogens is 224 g/mol. The minimum atomic E-state index is 0.181. The number of piperidine rings is 1. The quantitative estimate of drug-likeness (QED) is 0.709. The average Bonchev–Trinajstić information content (AvgIpc) is 2.69. The third-order valence-corrected chi connectivity index (χ3v) is 4.19. The summed E-state index contributed by atoms with van der Waals surface area (Å²) in [6.07, 6.45) is 10.0. The molecule has 0 N–H and O–H groups in total. The third-order valence-electron chi connectivity index (χ3n) is 4.19. The molecule has 2 aliphatic rings. The van der Waals surface area contributed by atoms with Crippen LogP contribution in [0.3, 0.4) is 0 Å². The van der Waals surface area contributed by atoms with Crippen molar-refractivity contribution in [2.24, 2.45) is 0 Å². The van der Waals surface area contributed by atoms with E-state index in [9.17, 15) is 4.79 Å². The first-order chi connectivity index (χ1) is 8.79. The van der Waals surface area contributed by atoms with Gasteiger partial charge in [0.05, 0.1) is 0 Å². The van der Waals surface area contributed by atoms with Crippen LogP contribution in [0.15, 0.2) is 36.2 Å². The molecule has 94 valence electrons. The maximum atomic E-state index is 12.5. The summed E-state index contributed by atoms with van der Waals surface area (Å²) in [4.78, 5) is 18.6. The Morgan fingerprint density at radius 2 is 1.89 bits per heavy atom. The van der Waals surface area contributed by atoms with E-state index in [2.05, 4.69) is 22.9 Å². The highest BCUT2D eigenvalue weighted by Crippen LogP contribution is 2.39. The fourth-order valence-corrected chi connectivity index (χ4v) is 3.26. The minimum Gasteiger partial charge on any atom is -0.332 e. The topological polar surface area (TPSA) is 33.2 Å². The molecule has 3 heterocycles. The fourth-order valence-electron chi connectivity index (χ4n) is 3.26. The van der Waals surface area contributed by atoms with Crippen LogP contribution in [0.25, 0.3) is 0 Å². The van der Waals surface area contributed by atoms with E-state index >= 15 is 0 Å². The summed E-state index contributed by atoms with van der Waals surface area (Å²) >= 11 is 0. The van der Waals surface area contributed by atoms with Gasteiger partial charge in [-0.05, 0) is 44.7 Å². The largest absolute Gasteiger partial charge is 0.332 e. The molecular formula is C15H18N2O. The van der Waals surface area contributed by atoms with Crippen LogP contribution in [-0.4, -0.2) is 27.9 Å². The van der Waals surface area contributed by atoms with Crippen LogP contribution in [0.5, 0.6) is 0 Å². The fraction of sp³-hybridized carbons (Fsp3) is 0.467. The van der Waals surface area contributed by atoms with E-state index in [4.69, 9.17) is 0 Å². The van der Waals surface area contributed by atoms with Gasteiger partial charge in [0.25, 0.3) is 5.91 Å². The number of fused-ring (bicyclic) bond motifs is 2. The lowest BCUT2D eigenvalue weighted by Gasteiger charge is -2.36. The second-order valence-electron chi connectivity index (χ2n) is 5.19. The van der Waals surface area contributed by atoms with Crippen molar-refractivity contribution in [3.05, 3.63) is 41.7 Å². The predicted octanol–water partition coefficient (Wildman–Crippen LogP) is 2.79. The molecule has 0 saturated carbocycles. The van der Waals surface area contributed by atoms with Crippen LogP contribution >= 0.6 is 0 Å². The zero-order chi connectivity index (χ0) is 12.5. The number of aromatic nitrogens is 1. The van der Waals surface area contributed by atoms with E-state index in [1.54, 1.807) is 12.4 Å². The second kappa shape index (κ2) is 4.56. The molecule has 0 spiro atoms. The number of rotatable bonds is 1. The number of hydrogen-bond donors (Lipinski definition) is 0. The highest BCUT2D eigenvalue weighted by atomic mass is 16.2. The highest BCUT2D eigenvalue weighted by molar-refractivity contribution is 5.94. The average molecular weight is 242 g/mol. The van der Waals surface area contributed by atoms with Crippen molar-refractivity contribution in [3.63, 3.8) is 0 Å². The normalized spacial score (nSPS) is 26.3. The molecule has 2 bridgehead atoms. The van der Waals surface area contributed by atoms with Crippen molar-refractivity contribution in [3.8, 4) is 0 Å². The van der Waals surface area contributed by atoms with Gasteiger partial charge in [-0.3, -0.25) is 9.78 Å². The number of carbonyl (C=O) groups excluding carboxylic acids is 1. The Bertz CT molecular complexity index is 465. The van der Waals surface area contributed by atoms with Crippen LogP contribution in [0.1, 0.15) is 43.0 Å². The van der Waals surface area contributed by atoms with Crippen molar-refractivity contribution in [1.82, 2.24) is 9.88 Å². The molecule has 0 aliphatic carbocycles. The molecule has 1 amide bonds. The Morgan fingerprint density at radius 1 is 1.28 bits per heavy atom. The summed E-state index contributed by atoms with van der Waals surface area (Å²) in [5, 5.41) is 0. The third kappa shape index (κ3) is 1.84. The van der Waals surface area contributed by atoms with Crippen LogP contribution in [-0.2, 0) is 0 Å². The summed E-state index contributed by atoms with van der Waals surface area (Å²) < 4.78 is 0. The highest BCUT2D eigenvalue weighted by Gasteiger charge is 2.41. The molecule has 2 fully saturated rings. The van der Waals surface area contributed by atoms with E-state index in [-0.39, 0.29) is 5.91 Å². The van der Waals surface area contributed by atoms with Crippen molar-refractivity contribution in [2.45, 2.75) is 44.7 Å². The van der Waals surface area contributed by atoms with E-state index < -0.39 is 0 Å². The molecule has 18 heavy (non-hydrogen) atoms. The van der Waals surface area contributed by atoms with Gasteiger partial charge in [0.1, 0.15) is 0 Å². The Kier molecular flexibility index (Phi) is 2.90. The van der Waals surface area contributed by atoms with Crippen molar-refractivity contribution in [1.29, 1.82) is 0 Å². The van der Waals surface area contributed by atoms with E-state index in [0.29, 0.717) is 12.1 Å². The first kappa shape index (κ1) is 11.5. The molecule has 3 rings (SSSR count). The molecule has 1 aromatic rings. The first-order valence-electron chi connectivity index (χ1n) is 6.66. The Hall–Kier alpha value is -1.64. The number of pyridine rings is 1. The lowest BCUT2D eigenvalue weighted by Crippen LogP contribution is -2.44. The van der Waals surface area contributed by atoms with Gasteiger partial charge in [-0.1, -0.05) is 11.6 Å². The molecule has 3 heteroatoms. The Balaban J connectivity index is 1.84. The Labute approximate surface area is 108 Å². The molecule has 0 radical (unpaired) electrons. The molecule has 0 aromatic carbocycles. The van der Waals surface area contributed by atoms with Gasteiger partial charge < -0.3 is 4.90 Å². The molecule has 3 nitrogen and oxygen atoms in total. The van der Waals surface area contributed by atoms with Gasteiger partial charge in [0.15, 0.2) is 0 Å². The van der Waals surface area contributed by atoms with Gasteiger partial charge in [-0.15, -0.1) is 0 Å². The van der Waals surface area contributed by atoms with Gasteiger partial charge in [-0.2, -0.15) is 0 Å². The molecule has 2 unspecified atom stereocenters. The number of allylic oxidation sites excluding steroid dienone is 1. The summed E-state index contributed by atoms with van der Waals surface area (Å²) in [6, 6.07) is 4.45. The predicted molar refractivity (Wildman–Crippen MR) is 70.2 cm³/mol. The minimum absolute atomic E-state index is 0.181. The van der Waals surface area contributed by atoms with Crippen molar-refractivity contribution in [2.75, 3.05) is 0 Å². The molecule has 2 aliphatic heterocycles. The number of amides is 1. The zero-order valence-electron chi connectivity index (χ0n) is 10.7. The van der Waals surface area contributed by atoms with Crippen LogP contribution < -0.4 is 0 Å². The molecule has 1 aromatic heterocycles. The van der Waals surface area contributed by atoms with Crippen molar-refractivity contribution >= 4 is 5.91 Å². The summed E-state index contributed by atoms with van der Waals surface area (Å²) in [6.45, 7) is 2.11. The lowest BCUT2D eigenvalue weighted by molar-refractivity contribution is 0.0634. The number of hydrogen-bond acceptors (Lipinski definition) is 2. The second-order valence-corrected chi connectivity index (χ2v) is 5.19. The van der Waals surface area contributed by atoms with Crippen molar-refractivity contribution < 1.29 is 4.79 Å². The van der Waals surface area contributed by atoms with Gasteiger partial charge in [0, 0.05) is 30.0 Å². The van der Waals surface area contributed by atoms with Crippen LogP contribution in [0.4, 0.5) is 0 Å².